The second kappa shape index (κ2) is 6.41. The lowest BCUT2D eigenvalue weighted by Gasteiger charge is -2.32. The number of rotatable bonds is 5. The van der Waals surface area contributed by atoms with E-state index in [1.165, 1.54) is 5.56 Å². The zero-order valence-corrected chi connectivity index (χ0v) is 16.1. The van der Waals surface area contributed by atoms with Crippen molar-refractivity contribution in [3.8, 4) is 5.75 Å². The van der Waals surface area contributed by atoms with Gasteiger partial charge in [-0.05, 0) is 44.2 Å². The van der Waals surface area contributed by atoms with Gasteiger partial charge in [0.25, 0.3) is 0 Å². The summed E-state index contributed by atoms with van der Waals surface area (Å²) in [7, 11) is -1.43. The predicted molar refractivity (Wildman–Crippen MR) is 101 cm³/mol. The molecule has 0 radical (unpaired) electrons. The van der Waals surface area contributed by atoms with Crippen molar-refractivity contribution in [1.29, 1.82) is 0 Å². The summed E-state index contributed by atoms with van der Waals surface area (Å²) in [6.07, 6.45) is 3.25. The number of nitrogens with zero attached hydrogens (tertiary/aromatic N) is 2. The molecule has 2 aromatic rings. The van der Waals surface area contributed by atoms with Crippen LogP contribution in [0.1, 0.15) is 31.2 Å². The molecule has 8 heteroatoms. The van der Waals surface area contributed by atoms with E-state index in [9.17, 15) is 8.42 Å². The number of sulfonamides is 1. The molecule has 6 nitrogen and oxygen atoms in total. The maximum atomic E-state index is 12.1. The molecule has 1 saturated carbocycles. The van der Waals surface area contributed by atoms with Gasteiger partial charge in [0.05, 0.1) is 17.1 Å². The highest BCUT2D eigenvalue weighted by atomic mass is 32.2. The van der Waals surface area contributed by atoms with Crippen LogP contribution in [0.25, 0.3) is 10.2 Å². The average molecular weight is 382 g/mol. The molecule has 2 heterocycles. The Hall–Kier alpha value is -1.38. The Morgan fingerprint density at radius 2 is 1.96 bits per heavy atom. The standard InChI is InChI=1S/C17H23N3O3S2/c1-11-3-6-14(23-2)15-16(11)24-17(18-15)20-9-7-12(8-10-20)19-25(21,22)13-4-5-13/h3,6,12-13,19H,4-5,7-10H2,1-2H3. The minimum atomic E-state index is -3.10. The molecule has 0 amide bonds. The molecule has 25 heavy (non-hydrogen) atoms. The molecule has 1 aromatic carbocycles. The Morgan fingerprint density at radius 1 is 1.24 bits per heavy atom. The van der Waals surface area contributed by atoms with Crippen LogP contribution in [0.2, 0.25) is 0 Å². The second-order valence-corrected chi connectivity index (χ2v) is 9.85. The van der Waals surface area contributed by atoms with Crippen molar-refractivity contribution in [1.82, 2.24) is 9.71 Å². The molecule has 1 aliphatic carbocycles. The van der Waals surface area contributed by atoms with Crippen molar-refractivity contribution in [3.63, 3.8) is 0 Å². The van der Waals surface area contributed by atoms with Crippen LogP contribution in [0.3, 0.4) is 0 Å². The Bertz CT molecular complexity index is 882. The van der Waals surface area contributed by atoms with Crippen LogP contribution in [0.5, 0.6) is 5.75 Å². The topological polar surface area (TPSA) is 71.5 Å². The number of thiazole rings is 1. The number of anilines is 1. The number of ether oxygens (including phenoxy) is 1. The van der Waals surface area contributed by atoms with E-state index in [0.29, 0.717) is 0 Å². The van der Waals surface area contributed by atoms with E-state index in [1.54, 1.807) is 18.4 Å². The first-order valence-electron chi connectivity index (χ1n) is 8.68. The van der Waals surface area contributed by atoms with Crippen molar-refractivity contribution < 1.29 is 13.2 Å². The first kappa shape index (κ1) is 17.1. The molecular formula is C17H23N3O3S2. The second-order valence-electron chi connectivity index (χ2n) is 6.88. The predicted octanol–water partition coefficient (Wildman–Crippen LogP) is 2.66. The summed E-state index contributed by atoms with van der Waals surface area (Å²) in [5.41, 5.74) is 2.12. The van der Waals surface area contributed by atoms with E-state index in [1.807, 2.05) is 6.07 Å². The van der Waals surface area contributed by atoms with Crippen molar-refractivity contribution in [3.05, 3.63) is 17.7 Å². The van der Waals surface area contributed by atoms with Crippen LogP contribution in [-0.2, 0) is 10.0 Å². The zero-order valence-electron chi connectivity index (χ0n) is 14.5. The Labute approximate surface area is 152 Å². The number of piperidine rings is 1. The summed E-state index contributed by atoms with van der Waals surface area (Å²) < 4.78 is 33.7. The molecule has 1 N–H and O–H groups in total. The van der Waals surface area contributed by atoms with Gasteiger partial charge in [-0.3, -0.25) is 0 Å². The number of fused-ring (bicyclic) bond motifs is 1. The lowest BCUT2D eigenvalue weighted by molar-refractivity contribution is 0.419. The quantitative estimate of drug-likeness (QED) is 0.862. The monoisotopic (exact) mass is 381 g/mol. The molecular weight excluding hydrogens is 358 g/mol. The maximum absolute atomic E-state index is 12.1. The highest BCUT2D eigenvalue weighted by Crippen LogP contribution is 2.37. The first-order valence-corrected chi connectivity index (χ1v) is 11.0. The molecule has 0 unspecified atom stereocenters. The highest BCUT2D eigenvalue weighted by Gasteiger charge is 2.37. The van der Waals surface area contributed by atoms with Gasteiger partial charge < -0.3 is 9.64 Å². The Balaban J connectivity index is 1.47. The molecule has 2 fully saturated rings. The van der Waals surface area contributed by atoms with Crippen molar-refractivity contribution in [2.75, 3.05) is 25.1 Å². The van der Waals surface area contributed by atoms with Gasteiger partial charge in [0.2, 0.25) is 10.0 Å². The SMILES string of the molecule is COc1ccc(C)c2sc(N3CCC(NS(=O)(=O)C4CC4)CC3)nc12. The molecule has 1 aliphatic heterocycles. The van der Waals surface area contributed by atoms with E-state index in [4.69, 9.17) is 9.72 Å². The van der Waals surface area contributed by atoms with Crippen LogP contribution >= 0.6 is 11.3 Å². The summed E-state index contributed by atoms with van der Waals surface area (Å²) >= 11 is 1.69. The Morgan fingerprint density at radius 3 is 2.60 bits per heavy atom. The van der Waals surface area contributed by atoms with Gasteiger partial charge in [-0.25, -0.2) is 18.1 Å². The van der Waals surface area contributed by atoms with Gasteiger partial charge in [-0.1, -0.05) is 17.4 Å². The molecule has 1 saturated heterocycles. The molecule has 1 aromatic heterocycles. The molecule has 2 aliphatic rings. The lowest BCUT2D eigenvalue weighted by atomic mass is 10.1. The fourth-order valence-corrected chi connectivity index (χ4v) is 6.05. The number of aromatic nitrogens is 1. The fraction of sp³-hybridized carbons (Fsp3) is 0.588. The molecule has 136 valence electrons. The number of hydrogen-bond donors (Lipinski definition) is 1. The number of nitrogens with one attached hydrogen (secondary N) is 1. The largest absolute Gasteiger partial charge is 0.494 e. The summed E-state index contributed by atoms with van der Waals surface area (Å²) in [4.78, 5) is 7.04. The first-order chi connectivity index (χ1) is 12.0. The van der Waals surface area contributed by atoms with Crippen LogP contribution in [0, 0.1) is 6.92 Å². The van der Waals surface area contributed by atoms with Gasteiger partial charge in [-0.15, -0.1) is 0 Å². The highest BCUT2D eigenvalue weighted by molar-refractivity contribution is 7.90. The van der Waals surface area contributed by atoms with Crippen molar-refractivity contribution in [2.24, 2.45) is 0 Å². The molecule has 0 atom stereocenters. The Kier molecular flexibility index (Phi) is 4.37. The number of aryl methyl sites for hydroxylation is 1. The zero-order chi connectivity index (χ0) is 17.6. The molecule has 0 spiro atoms. The lowest BCUT2D eigenvalue weighted by Crippen LogP contribution is -2.45. The van der Waals surface area contributed by atoms with Gasteiger partial charge in [0, 0.05) is 19.1 Å². The van der Waals surface area contributed by atoms with E-state index < -0.39 is 10.0 Å². The van der Waals surface area contributed by atoms with E-state index in [-0.39, 0.29) is 11.3 Å². The van der Waals surface area contributed by atoms with Gasteiger partial charge in [0.15, 0.2) is 5.13 Å². The third kappa shape index (κ3) is 3.35. The number of benzene rings is 1. The van der Waals surface area contributed by atoms with E-state index in [0.717, 1.165) is 59.9 Å². The normalized spacial score (nSPS) is 19.5. The minimum Gasteiger partial charge on any atom is -0.494 e. The van der Waals surface area contributed by atoms with Crippen LogP contribution in [0.15, 0.2) is 12.1 Å². The third-order valence-corrected chi connectivity index (χ3v) is 8.23. The van der Waals surface area contributed by atoms with E-state index >= 15 is 0 Å². The van der Waals surface area contributed by atoms with Crippen molar-refractivity contribution in [2.45, 2.75) is 43.9 Å². The van der Waals surface area contributed by atoms with Crippen LogP contribution in [-0.4, -0.2) is 44.9 Å². The van der Waals surface area contributed by atoms with Crippen molar-refractivity contribution >= 4 is 36.7 Å². The smallest absolute Gasteiger partial charge is 0.214 e. The summed E-state index contributed by atoms with van der Waals surface area (Å²) in [5, 5.41) is 0.844. The third-order valence-electron chi connectivity index (χ3n) is 4.97. The minimum absolute atomic E-state index is 0.0486. The summed E-state index contributed by atoms with van der Waals surface area (Å²) in [6.45, 7) is 3.72. The average Bonchev–Trinajstić information content (AvgIpc) is 3.36. The van der Waals surface area contributed by atoms with Gasteiger partial charge in [-0.2, -0.15) is 0 Å². The number of hydrogen-bond acceptors (Lipinski definition) is 6. The maximum Gasteiger partial charge on any atom is 0.214 e. The molecule has 4 rings (SSSR count). The summed E-state index contributed by atoms with van der Waals surface area (Å²) in [5.74, 6) is 0.801. The van der Waals surface area contributed by atoms with Gasteiger partial charge >= 0.3 is 0 Å². The summed E-state index contributed by atoms with van der Waals surface area (Å²) in [6, 6.07) is 4.06. The van der Waals surface area contributed by atoms with Gasteiger partial charge in [0.1, 0.15) is 11.3 Å². The van der Waals surface area contributed by atoms with E-state index in [2.05, 4.69) is 22.6 Å². The molecule has 0 bridgehead atoms. The number of methoxy groups -OCH3 is 1. The van der Waals surface area contributed by atoms with Crippen LogP contribution < -0.4 is 14.4 Å². The fourth-order valence-electron chi connectivity index (χ4n) is 3.29. The van der Waals surface area contributed by atoms with Crippen LogP contribution in [0.4, 0.5) is 5.13 Å².